The Morgan fingerprint density at radius 2 is 1.95 bits per heavy atom. The third kappa shape index (κ3) is 3.47. The van der Waals surface area contributed by atoms with Crippen LogP contribution >= 0.6 is 0 Å². The van der Waals surface area contributed by atoms with Gasteiger partial charge < -0.3 is 10.6 Å². The van der Waals surface area contributed by atoms with Crippen molar-refractivity contribution >= 4 is 23.0 Å². The molecule has 1 aromatic carbocycles. The van der Waals surface area contributed by atoms with E-state index in [1.54, 1.807) is 6.07 Å². The van der Waals surface area contributed by atoms with E-state index in [9.17, 15) is 10.1 Å². The molecule has 2 rings (SSSR count). The lowest BCUT2D eigenvalue weighted by atomic mass is 10.1. The predicted octanol–water partition coefficient (Wildman–Crippen LogP) is 3.73. The van der Waals surface area contributed by atoms with Gasteiger partial charge in [-0.1, -0.05) is 25.1 Å². The highest BCUT2D eigenvalue weighted by atomic mass is 16.6. The molecule has 0 amide bonds. The highest BCUT2D eigenvalue weighted by molar-refractivity contribution is 5.69. The molecule has 1 aromatic heterocycles. The average Bonchev–Trinajstić information content (AvgIpc) is 2.48. The molecule has 0 atom stereocenters. The van der Waals surface area contributed by atoms with Crippen LogP contribution in [0.5, 0.6) is 0 Å². The molecule has 2 N–H and O–H groups in total. The van der Waals surface area contributed by atoms with Crippen molar-refractivity contribution in [3.8, 4) is 0 Å². The van der Waals surface area contributed by atoms with E-state index in [1.807, 2.05) is 38.1 Å². The topological polar surface area (TPSA) is 80.1 Å². The number of para-hydroxylation sites is 1. The van der Waals surface area contributed by atoms with E-state index < -0.39 is 4.92 Å². The fourth-order valence-corrected chi connectivity index (χ4v) is 2.05. The van der Waals surface area contributed by atoms with Crippen LogP contribution in [0.3, 0.4) is 0 Å². The Hall–Kier alpha value is -2.63. The van der Waals surface area contributed by atoms with Crippen LogP contribution in [0.15, 0.2) is 36.4 Å². The van der Waals surface area contributed by atoms with E-state index in [0.717, 1.165) is 17.7 Å². The molecular formula is C15H18N4O2. The molecule has 6 nitrogen and oxygen atoms in total. The first-order valence-electron chi connectivity index (χ1n) is 6.90. The minimum absolute atomic E-state index is 0.0393. The molecule has 0 bridgehead atoms. The number of aryl methyl sites for hydroxylation is 1. The summed E-state index contributed by atoms with van der Waals surface area (Å²) in [6.07, 6.45) is 0.837. The molecule has 6 heteroatoms. The Morgan fingerprint density at radius 3 is 2.62 bits per heavy atom. The summed E-state index contributed by atoms with van der Waals surface area (Å²) in [5.41, 5.74) is 1.88. The first kappa shape index (κ1) is 14.8. The third-order valence-electron chi connectivity index (χ3n) is 3.08. The second-order valence-corrected chi connectivity index (χ2v) is 4.49. The molecule has 1 heterocycles. The lowest BCUT2D eigenvalue weighted by Gasteiger charge is -2.11. The van der Waals surface area contributed by atoms with Gasteiger partial charge in [-0.2, -0.15) is 0 Å². The van der Waals surface area contributed by atoms with Gasteiger partial charge in [-0.15, -0.1) is 0 Å². The number of aromatic nitrogens is 1. The second kappa shape index (κ2) is 6.69. The van der Waals surface area contributed by atoms with E-state index in [2.05, 4.69) is 15.6 Å². The van der Waals surface area contributed by atoms with Crippen LogP contribution in [0.4, 0.5) is 23.0 Å². The van der Waals surface area contributed by atoms with Gasteiger partial charge in [-0.3, -0.25) is 10.1 Å². The van der Waals surface area contributed by atoms with Crippen molar-refractivity contribution in [1.29, 1.82) is 0 Å². The summed E-state index contributed by atoms with van der Waals surface area (Å²) in [6.45, 7) is 4.69. The van der Waals surface area contributed by atoms with Crippen LogP contribution in [0.1, 0.15) is 19.4 Å². The summed E-state index contributed by atoms with van der Waals surface area (Å²) in [5.74, 6) is 0.860. The molecule has 0 saturated carbocycles. The lowest BCUT2D eigenvalue weighted by molar-refractivity contribution is -0.384. The SMILES string of the molecule is CCNc1ccc([N+](=O)[O-])c(Nc2ccccc2CC)n1. The van der Waals surface area contributed by atoms with Crippen molar-refractivity contribution < 1.29 is 4.92 Å². The van der Waals surface area contributed by atoms with Gasteiger partial charge in [0.25, 0.3) is 0 Å². The van der Waals surface area contributed by atoms with E-state index in [0.29, 0.717) is 12.4 Å². The van der Waals surface area contributed by atoms with Crippen LogP contribution in [0.25, 0.3) is 0 Å². The molecule has 0 aliphatic rings. The molecular weight excluding hydrogens is 268 g/mol. The smallest absolute Gasteiger partial charge is 0.311 e. The molecule has 0 unspecified atom stereocenters. The maximum Gasteiger partial charge on any atom is 0.311 e. The summed E-state index contributed by atoms with van der Waals surface area (Å²) in [4.78, 5) is 15.0. The fraction of sp³-hybridized carbons (Fsp3) is 0.267. The maximum atomic E-state index is 11.1. The van der Waals surface area contributed by atoms with Gasteiger partial charge in [0.1, 0.15) is 5.82 Å². The van der Waals surface area contributed by atoms with Gasteiger partial charge in [0, 0.05) is 18.3 Å². The summed E-state index contributed by atoms with van der Waals surface area (Å²) in [7, 11) is 0. The third-order valence-corrected chi connectivity index (χ3v) is 3.08. The summed E-state index contributed by atoms with van der Waals surface area (Å²) in [5, 5.41) is 17.3. The van der Waals surface area contributed by atoms with Gasteiger partial charge in [0.15, 0.2) is 0 Å². The summed E-state index contributed by atoms with van der Waals surface area (Å²) >= 11 is 0. The number of nitrogens with zero attached hydrogens (tertiary/aromatic N) is 2. The molecule has 0 aliphatic carbocycles. The zero-order valence-corrected chi connectivity index (χ0v) is 12.1. The van der Waals surface area contributed by atoms with E-state index in [-0.39, 0.29) is 11.5 Å². The van der Waals surface area contributed by atoms with Crippen LogP contribution in [-0.4, -0.2) is 16.5 Å². The molecule has 110 valence electrons. The number of nitrogens with one attached hydrogen (secondary N) is 2. The number of nitro groups is 1. The van der Waals surface area contributed by atoms with Crippen LogP contribution in [0, 0.1) is 10.1 Å². The first-order chi connectivity index (χ1) is 10.2. The fourth-order valence-electron chi connectivity index (χ4n) is 2.05. The lowest BCUT2D eigenvalue weighted by Crippen LogP contribution is -2.05. The summed E-state index contributed by atoms with van der Waals surface area (Å²) in [6, 6.07) is 10.8. The number of anilines is 3. The number of hydrogen-bond acceptors (Lipinski definition) is 5. The highest BCUT2D eigenvalue weighted by Crippen LogP contribution is 2.28. The Morgan fingerprint density at radius 1 is 1.19 bits per heavy atom. The van der Waals surface area contributed by atoms with Crippen molar-refractivity contribution in [2.45, 2.75) is 20.3 Å². The van der Waals surface area contributed by atoms with Crippen molar-refractivity contribution in [3.63, 3.8) is 0 Å². The van der Waals surface area contributed by atoms with Gasteiger partial charge in [-0.05, 0) is 31.0 Å². The Labute approximate surface area is 123 Å². The van der Waals surface area contributed by atoms with Gasteiger partial charge >= 0.3 is 5.69 Å². The number of benzene rings is 1. The zero-order valence-electron chi connectivity index (χ0n) is 12.1. The average molecular weight is 286 g/mol. The van der Waals surface area contributed by atoms with Crippen molar-refractivity contribution in [2.24, 2.45) is 0 Å². The Bertz CT molecular complexity index is 643. The zero-order chi connectivity index (χ0) is 15.2. The standard InChI is InChI=1S/C15H18N4O2/c1-3-11-7-5-6-8-12(11)17-15-13(19(20)21)9-10-14(18-15)16-4-2/h5-10H,3-4H2,1-2H3,(H2,16,17,18). The largest absolute Gasteiger partial charge is 0.370 e. The Balaban J connectivity index is 2.40. The first-order valence-corrected chi connectivity index (χ1v) is 6.90. The molecule has 0 radical (unpaired) electrons. The number of rotatable bonds is 6. The van der Waals surface area contributed by atoms with Crippen LogP contribution in [0.2, 0.25) is 0 Å². The van der Waals surface area contributed by atoms with Gasteiger partial charge in [-0.25, -0.2) is 4.98 Å². The maximum absolute atomic E-state index is 11.1. The molecule has 21 heavy (non-hydrogen) atoms. The van der Waals surface area contributed by atoms with Gasteiger partial charge in [0.05, 0.1) is 4.92 Å². The quantitative estimate of drug-likeness (QED) is 0.624. The van der Waals surface area contributed by atoms with Crippen LogP contribution < -0.4 is 10.6 Å². The van der Waals surface area contributed by atoms with E-state index >= 15 is 0 Å². The highest BCUT2D eigenvalue weighted by Gasteiger charge is 2.17. The van der Waals surface area contributed by atoms with Gasteiger partial charge in [0.2, 0.25) is 5.82 Å². The molecule has 0 fully saturated rings. The number of pyridine rings is 1. The van der Waals surface area contributed by atoms with E-state index in [4.69, 9.17) is 0 Å². The predicted molar refractivity (Wildman–Crippen MR) is 84.2 cm³/mol. The molecule has 2 aromatic rings. The molecule has 0 spiro atoms. The van der Waals surface area contributed by atoms with Crippen molar-refractivity contribution in [2.75, 3.05) is 17.2 Å². The minimum atomic E-state index is -0.431. The second-order valence-electron chi connectivity index (χ2n) is 4.49. The normalized spacial score (nSPS) is 10.2. The van der Waals surface area contributed by atoms with Crippen molar-refractivity contribution in [1.82, 2.24) is 4.98 Å². The monoisotopic (exact) mass is 286 g/mol. The minimum Gasteiger partial charge on any atom is -0.370 e. The number of hydrogen-bond donors (Lipinski definition) is 2. The van der Waals surface area contributed by atoms with Crippen LogP contribution in [-0.2, 0) is 6.42 Å². The molecule has 0 aliphatic heterocycles. The summed E-state index contributed by atoms with van der Waals surface area (Å²) < 4.78 is 0. The Kier molecular flexibility index (Phi) is 4.71. The van der Waals surface area contributed by atoms with E-state index in [1.165, 1.54) is 6.07 Å². The molecule has 0 saturated heterocycles. The van der Waals surface area contributed by atoms with Crippen molar-refractivity contribution in [3.05, 3.63) is 52.1 Å².